The Balaban J connectivity index is 2.84. The fourth-order valence-corrected chi connectivity index (χ4v) is 2.00. The first-order chi connectivity index (χ1) is 10.8. The van der Waals surface area contributed by atoms with E-state index in [1.807, 2.05) is 6.92 Å². The van der Waals surface area contributed by atoms with E-state index in [-0.39, 0.29) is 23.9 Å². The van der Waals surface area contributed by atoms with Crippen LogP contribution in [0.15, 0.2) is 23.2 Å². The van der Waals surface area contributed by atoms with Gasteiger partial charge in [-0.3, -0.25) is 4.99 Å². The van der Waals surface area contributed by atoms with Crippen molar-refractivity contribution in [1.82, 2.24) is 10.6 Å². The van der Waals surface area contributed by atoms with E-state index in [9.17, 15) is 13.2 Å². The van der Waals surface area contributed by atoms with Crippen LogP contribution in [0.4, 0.5) is 13.2 Å². The lowest BCUT2D eigenvalue weighted by Gasteiger charge is -2.19. The van der Waals surface area contributed by atoms with Crippen LogP contribution >= 0.6 is 0 Å². The molecule has 1 aromatic carbocycles. The molecule has 1 aromatic rings. The summed E-state index contributed by atoms with van der Waals surface area (Å²) < 4.78 is 49.3. The van der Waals surface area contributed by atoms with Gasteiger partial charge in [0.2, 0.25) is 0 Å². The predicted molar refractivity (Wildman–Crippen MR) is 82.7 cm³/mol. The molecule has 8 heteroatoms. The van der Waals surface area contributed by atoms with Crippen LogP contribution in [0, 0.1) is 0 Å². The maximum absolute atomic E-state index is 13.1. The second-order valence-electron chi connectivity index (χ2n) is 4.95. The molecule has 0 bridgehead atoms. The molecule has 0 aliphatic carbocycles. The highest BCUT2D eigenvalue weighted by Gasteiger charge is 2.33. The first-order valence-corrected chi connectivity index (χ1v) is 7.02. The van der Waals surface area contributed by atoms with Gasteiger partial charge in [-0.15, -0.1) is 0 Å². The van der Waals surface area contributed by atoms with Crippen LogP contribution in [0.2, 0.25) is 0 Å². The Labute approximate surface area is 133 Å². The zero-order valence-corrected chi connectivity index (χ0v) is 13.6. The topological polar surface area (TPSA) is 54.9 Å². The van der Waals surface area contributed by atoms with Crippen molar-refractivity contribution in [2.45, 2.75) is 25.7 Å². The average molecular weight is 333 g/mol. The van der Waals surface area contributed by atoms with Crippen molar-refractivity contribution in [2.24, 2.45) is 4.99 Å². The zero-order chi connectivity index (χ0) is 17.5. The lowest BCUT2D eigenvalue weighted by atomic mass is 10.1. The van der Waals surface area contributed by atoms with E-state index >= 15 is 0 Å². The summed E-state index contributed by atoms with van der Waals surface area (Å²) in [5, 5.41) is 5.89. The second kappa shape index (κ2) is 8.61. The number of rotatable bonds is 6. The molecule has 1 rings (SSSR count). The number of hydrogen-bond acceptors (Lipinski definition) is 3. The zero-order valence-electron chi connectivity index (χ0n) is 13.6. The van der Waals surface area contributed by atoms with Crippen molar-refractivity contribution in [3.63, 3.8) is 0 Å². The number of ether oxygens (including phenoxy) is 2. The molecule has 0 spiro atoms. The van der Waals surface area contributed by atoms with Crippen molar-refractivity contribution in [3.8, 4) is 5.75 Å². The molecule has 0 saturated heterocycles. The summed E-state index contributed by atoms with van der Waals surface area (Å²) in [6.45, 7) is 2.32. The standard InChI is InChI=1S/C15H22F3N3O2/c1-10(9-22-3)21-14(19-2)20-8-11-5-6-12(23-4)7-13(11)15(16,17)18/h5-7,10H,8-9H2,1-4H3,(H2,19,20,21). The van der Waals surface area contributed by atoms with Gasteiger partial charge >= 0.3 is 6.18 Å². The molecule has 0 aliphatic rings. The number of benzene rings is 1. The summed E-state index contributed by atoms with van der Waals surface area (Å²) in [6.07, 6.45) is -4.45. The molecular weight excluding hydrogens is 311 g/mol. The Morgan fingerprint density at radius 1 is 1.30 bits per heavy atom. The molecule has 5 nitrogen and oxygen atoms in total. The fourth-order valence-electron chi connectivity index (χ4n) is 2.00. The predicted octanol–water partition coefficient (Wildman–Crippen LogP) is 2.41. The molecule has 2 N–H and O–H groups in total. The van der Waals surface area contributed by atoms with E-state index in [1.165, 1.54) is 19.2 Å². The maximum Gasteiger partial charge on any atom is 0.416 e. The smallest absolute Gasteiger partial charge is 0.416 e. The van der Waals surface area contributed by atoms with E-state index in [0.717, 1.165) is 6.07 Å². The summed E-state index contributed by atoms with van der Waals surface area (Å²) in [4.78, 5) is 3.98. The molecule has 1 atom stereocenters. The van der Waals surface area contributed by atoms with E-state index in [0.29, 0.717) is 12.6 Å². The van der Waals surface area contributed by atoms with E-state index in [1.54, 1.807) is 14.2 Å². The highest BCUT2D eigenvalue weighted by molar-refractivity contribution is 5.79. The van der Waals surface area contributed by atoms with Crippen LogP contribution in [0.25, 0.3) is 0 Å². The monoisotopic (exact) mass is 333 g/mol. The summed E-state index contributed by atoms with van der Waals surface area (Å²) in [6, 6.07) is 3.85. The molecule has 1 unspecified atom stereocenters. The van der Waals surface area contributed by atoms with Gasteiger partial charge in [0.05, 0.1) is 19.3 Å². The lowest BCUT2D eigenvalue weighted by Crippen LogP contribution is -2.43. The molecule has 0 heterocycles. The molecule has 0 fully saturated rings. The van der Waals surface area contributed by atoms with Gasteiger partial charge in [0.15, 0.2) is 5.96 Å². The van der Waals surface area contributed by atoms with E-state index in [2.05, 4.69) is 15.6 Å². The first-order valence-electron chi connectivity index (χ1n) is 7.02. The molecule has 23 heavy (non-hydrogen) atoms. The minimum Gasteiger partial charge on any atom is -0.497 e. The number of halogens is 3. The van der Waals surface area contributed by atoms with E-state index < -0.39 is 11.7 Å². The molecule has 0 amide bonds. The number of hydrogen-bond donors (Lipinski definition) is 2. The normalized spacial score (nSPS) is 13.6. The highest BCUT2D eigenvalue weighted by atomic mass is 19.4. The Hall–Kier alpha value is -1.96. The number of aliphatic imine (C=N–C) groups is 1. The number of alkyl halides is 3. The molecular formula is C15H22F3N3O2. The van der Waals surface area contributed by atoms with Gasteiger partial charge in [-0.2, -0.15) is 13.2 Å². The summed E-state index contributed by atoms with van der Waals surface area (Å²) in [7, 11) is 4.45. The van der Waals surface area contributed by atoms with Gasteiger partial charge in [-0.25, -0.2) is 0 Å². The van der Waals surface area contributed by atoms with Gasteiger partial charge in [0.1, 0.15) is 5.75 Å². The highest BCUT2D eigenvalue weighted by Crippen LogP contribution is 2.34. The van der Waals surface area contributed by atoms with E-state index in [4.69, 9.17) is 9.47 Å². The largest absolute Gasteiger partial charge is 0.497 e. The Kier molecular flexibility index (Phi) is 7.15. The van der Waals surface area contributed by atoms with Crippen molar-refractivity contribution in [1.29, 1.82) is 0 Å². The maximum atomic E-state index is 13.1. The lowest BCUT2D eigenvalue weighted by molar-refractivity contribution is -0.138. The van der Waals surface area contributed by atoms with Gasteiger partial charge in [-0.1, -0.05) is 6.07 Å². The van der Waals surface area contributed by atoms with Gasteiger partial charge in [0.25, 0.3) is 0 Å². The second-order valence-corrected chi connectivity index (χ2v) is 4.95. The Morgan fingerprint density at radius 3 is 2.52 bits per heavy atom. The van der Waals surface area contributed by atoms with Gasteiger partial charge in [0, 0.05) is 26.7 Å². The summed E-state index contributed by atoms with van der Waals surface area (Å²) in [5.41, 5.74) is -0.620. The Bertz CT molecular complexity index is 533. The Morgan fingerprint density at radius 2 is 2.00 bits per heavy atom. The van der Waals surface area contributed by atoms with Crippen LogP contribution < -0.4 is 15.4 Å². The summed E-state index contributed by atoms with van der Waals surface area (Å²) >= 11 is 0. The van der Waals surface area contributed by atoms with Crippen LogP contribution in [0.3, 0.4) is 0 Å². The average Bonchev–Trinajstić information content (AvgIpc) is 2.50. The molecule has 0 aliphatic heterocycles. The third-order valence-corrected chi connectivity index (χ3v) is 3.09. The van der Waals surface area contributed by atoms with Crippen LogP contribution in [0.5, 0.6) is 5.75 Å². The van der Waals surface area contributed by atoms with Gasteiger partial charge in [-0.05, 0) is 24.6 Å². The summed E-state index contributed by atoms with van der Waals surface area (Å²) in [5.74, 6) is 0.566. The quantitative estimate of drug-likeness (QED) is 0.620. The SMILES string of the molecule is CN=C(NCc1ccc(OC)cc1C(F)(F)F)NC(C)COC. The third kappa shape index (κ3) is 5.97. The third-order valence-electron chi connectivity index (χ3n) is 3.09. The van der Waals surface area contributed by atoms with Crippen LogP contribution in [-0.2, 0) is 17.5 Å². The minimum atomic E-state index is -4.45. The number of nitrogens with zero attached hydrogens (tertiary/aromatic N) is 1. The van der Waals surface area contributed by atoms with Crippen LogP contribution in [0.1, 0.15) is 18.1 Å². The molecule has 0 aromatic heterocycles. The minimum absolute atomic E-state index is 0.0157. The van der Waals surface area contributed by atoms with Crippen molar-refractivity contribution in [2.75, 3.05) is 27.9 Å². The molecule has 0 radical (unpaired) electrons. The molecule has 130 valence electrons. The van der Waals surface area contributed by atoms with Crippen molar-refractivity contribution in [3.05, 3.63) is 29.3 Å². The number of nitrogens with one attached hydrogen (secondary N) is 2. The van der Waals surface area contributed by atoms with Crippen molar-refractivity contribution < 1.29 is 22.6 Å². The van der Waals surface area contributed by atoms with Crippen molar-refractivity contribution >= 4 is 5.96 Å². The number of guanidine groups is 1. The van der Waals surface area contributed by atoms with Gasteiger partial charge < -0.3 is 20.1 Å². The first kappa shape index (κ1) is 19.1. The fraction of sp³-hybridized carbons (Fsp3) is 0.533. The molecule has 0 saturated carbocycles. The van der Waals surface area contributed by atoms with Crippen LogP contribution in [-0.4, -0.2) is 39.9 Å². The number of methoxy groups -OCH3 is 2.